The first-order chi connectivity index (χ1) is 7.27. The van der Waals surface area contributed by atoms with Gasteiger partial charge in [-0.1, -0.05) is 27.7 Å². The van der Waals surface area contributed by atoms with Gasteiger partial charge in [0.25, 0.3) is 0 Å². The molecule has 3 nitrogen and oxygen atoms in total. The highest BCUT2D eigenvalue weighted by molar-refractivity contribution is 5.12. The Morgan fingerprint density at radius 1 is 1.13 bits per heavy atom. The van der Waals surface area contributed by atoms with Crippen molar-refractivity contribution in [2.24, 2.45) is 0 Å². The fourth-order valence-corrected chi connectivity index (χ4v) is 1.52. The molecule has 0 bridgehead atoms. The summed E-state index contributed by atoms with van der Waals surface area (Å²) in [6.45, 7) is 13.4. The quantitative estimate of drug-likeness (QED) is 0.658. The zero-order valence-electron chi connectivity index (χ0n) is 11.0. The Labute approximate surface area is 94.1 Å². The molecule has 0 unspecified atom stereocenters. The predicted molar refractivity (Wildman–Crippen MR) is 66.0 cm³/mol. The molecule has 1 aromatic rings. The first-order valence-electron chi connectivity index (χ1n) is 5.96. The van der Waals surface area contributed by atoms with Gasteiger partial charge in [0.15, 0.2) is 0 Å². The lowest BCUT2D eigenvalue weighted by Gasteiger charge is -2.24. The molecule has 0 N–H and O–H groups in total. The predicted octanol–water partition coefficient (Wildman–Crippen LogP) is 2.69. The number of likely N-dealkylation sites (N-methyl/N-ethyl adjacent to an activating group) is 1. The van der Waals surface area contributed by atoms with Crippen molar-refractivity contribution in [1.29, 1.82) is 0 Å². The maximum Gasteiger partial charge on any atom is 0.0952 e. The van der Waals surface area contributed by atoms with Crippen LogP contribution >= 0.6 is 0 Å². The Hall–Kier alpha value is -0.830. The van der Waals surface area contributed by atoms with Gasteiger partial charge in [-0.05, 0) is 14.0 Å². The van der Waals surface area contributed by atoms with E-state index in [1.165, 1.54) is 11.4 Å². The van der Waals surface area contributed by atoms with E-state index in [1.54, 1.807) is 0 Å². The highest BCUT2D eigenvalue weighted by atomic mass is 15.2. The van der Waals surface area contributed by atoms with E-state index in [1.807, 2.05) is 34.0 Å². The fraction of sp³-hybridized carbons (Fsp3) is 0.750. The number of aromatic nitrogens is 2. The van der Waals surface area contributed by atoms with Gasteiger partial charge in [0.05, 0.1) is 17.7 Å². The summed E-state index contributed by atoms with van der Waals surface area (Å²) in [5.74, 6) is 0. The average Bonchev–Trinajstić information content (AvgIpc) is 2.66. The molecule has 1 aliphatic heterocycles. The van der Waals surface area contributed by atoms with Gasteiger partial charge in [-0.25, -0.2) is 4.98 Å². The maximum absolute atomic E-state index is 4.27. The zero-order valence-corrected chi connectivity index (χ0v) is 11.0. The molecule has 3 heteroatoms. The molecule has 0 spiro atoms. The van der Waals surface area contributed by atoms with Gasteiger partial charge in [-0.15, -0.1) is 0 Å². The third-order valence-electron chi connectivity index (χ3n) is 2.30. The highest BCUT2D eigenvalue weighted by Gasteiger charge is 2.14. The summed E-state index contributed by atoms with van der Waals surface area (Å²) < 4.78 is 2.25. The number of aryl methyl sites for hydroxylation is 1. The summed E-state index contributed by atoms with van der Waals surface area (Å²) in [6.07, 6.45) is 1.94. The molecule has 0 fully saturated rings. The average molecular weight is 211 g/mol. The topological polar surface area (TPSA) is 21.1 Å². The number of rotatable bonds is 0. The molecular formula is C12H25N3. The second kappa shape index (κ2) is 7.46. The van der Waals surface area contributed by atoms with E-state index in [0.29, 0.717) is 0 Å². The van der Waals surface area contributed by atoms with E-state index in [2.05, 4.69) is 28.4 Å². The first-order valence-corrected chi connectivity index (χ1v) is 5.96. The smallest absolute Gasteiger partial charge is 0.0952 e. The summed E-state index contributed by atoms with van der Waals surface area (Å²) in [6, 6.07) is 0. The van der Waals surface area contributed by atoms with Crippen molar-refractivity contribution in [3.05, 3.63) is 17.7 Å². The Morgan fingerprint density at radius 3 is 2.33 bits per heavy atom. The van der Waals surface area contributed by atoms with Crippen LogP contribution in [0.25, 0.3) is 0 Å². The molecule has 0 saturated heterocycles. The Balaban J connectivity index is 0.000000442. The zero-order chi connectivity index (χ0) is 11.8. The number of imidazole rings is 1. The van der Waals surface area contributed by atoms with Gasteiger partial charge in [0, 0.05) is 19.6 Å². The lowest BCUT2D eigenvalue weighted by atomic mass is 10.3. The van der Waals surface area contributed by atoms with Gasteiger partial charge >= 0.3 is 0 Å². The normalized spacial score (nSPS) is 14.3. The first kappa shape index (κ1) is 14.2. The molecular weight excluding hydrogens is 186 g/mol. The van der Waals surface area contributed by atoms with Crippen LogP contribution in [-0.4, -0.2) is 28.0 Å². The van der Waals surface area contributed by atoms with Crippen molar-refractivity contribution in [3.8, 4) is 0 Å². The molecule has 88 valence electrons. The third kappa shape index (κ3) is 3.67. The van der Waals surface area contributed by atoms with Crippen molar-refractivity contribution in [1.82, 2.24) is 14.5 Å². The molecule has 0 saturated carbocycles. The molecule has 2 heterocycles. The van der Waals surface area contributed by atoms with E-state index in [4.69, 9.17) is 0 Å². The van der Waals surface area contributed by atoms with Gasteiger partial charge in [-0.3, -0.25) is 4.90 Å². The van der Waals surface area contributed by atoms with E-state index >= 15 is 0 Å². The number of nitrogens with zero attached hydrogens (tertiary/aromatic N) is 3. The molecule has 0 amide bonds. The van der Waals surface area contributed by atoms with Crippen LogP contribution in [0.1, 0.15) is 39.1 Å². The molecule has 0 atom stereocenters. The monoisotopic (exact) mass is 211 g/mol. The lowest BCUT2D eigenvalue weighted by molar-refractivity contribution is 0.269. The van der Waals surface area contributed by atoms with Crippen LogP contribution < -0.4 is 0 Å². The van der Waals surface area contributed by atoms with Crippen LogP contribution in [0.2, 0.25) is 0 Å². The second-order valence-corrected chi connectivity index (χ2v) is 3.21. The summed E-state index contributed by atoms with van der Waals surface area (Å²) in [5, 5.41) is 0. The van der Waals surface area contributed by atoms with Crippen molar-refractivity contribution in [3.63, 3.8) is 0 Å². The Morgan fingerprint density at radius 2 is 1.73 bits per heavy atom. The summed E-state index contributed by atoms with van der Waals surface area (Å²) in [7, 11) is 2.15. The van der Waals surface area contributed by atoms with Crippen LogP contribution in [0.5, 0.6) is 0 Å². The highest BCUT2D eigenvalue weighted by Crippen LogP contribution is 2.13. The van der Waals surface area contributed by atoms with E-state index in [-0.39, 0.29) is 0 Å². The maximum atomic E-state index is 4.27. The Kier molecular flexibility index (Phi) is 7.05. The molecule has 0 aliphatic carbocycles. The van der Waals surface area contributed by atoms with Crippen molar-refractivity contribution in [2.45, 2.75) is 47.7 Å². The van der Waals surface area contributed by atoms with Crippen LogP contribution in [0, 0.1) is 6.92 Å². The van der Waals surface area contributed by atoms with E-state index in [0.717, 1.165) is 19.6 Å². The molecule has 2 rings (SSSR count). The number of fused-ring (bicyclic) bond motifs is 1. The van der Waals surface area contributed by atoms with Gasteiger partial charge in [0.1, 0.15) is 0 Å². The van der Waals surface area contributed by atoms with Gasteiger partial charge < -0.3 is 4.57 Å². The summed E-state index contributed by atoms with van der Waals surface area (Å²) >= 11 is 0. The minimum absolute atomic E-state index is 1.05. The lowest BCUT2D eigenvalue weighted by Crippen LogP contribution is -2.30. The minimum Gasteiger partial charge on any atom is -0.332 e. The van der Waals surface area contributed by atoms with E-state index < -0.39 is 0 Å². The van der Waals surface area contributed by atoms with Gasteiger partial charge in [-0.2, -0.15) is 0 Å². The van der Waals surface area contributed by atoms with Crippen LogP contribution in [0.3, 0.4) is 0 Å². The molecule has 1 aromatic heterocycles. The SMILES string of the molecule is CC.CC.Cc1ncn2c1CN(C)CC2. The largest absolute Gasteiger partial charge is 0.332 e. The summed E-state index contributed by atoms with van der Waals surface area (Å²) in [4.78, 5) is 6.59. The third-order valence-corrected chi connectivity index (χ3v) is 2.30. The van der Waals surface area contributed by atoms with Gasteiger partial charge in [0.2, 0.25) is 0 Å². The summed E-state index contributed by atoms with van der Waals surface area (Å²) in [5.41, 5.74) is 2.55. The minimum atomic E-state index is 1.05. The Bertz CT molecular complexity index is 266. The van der Waals surface area contributed by atoms with Crippen LogP contribution in [-0.2, 0) is 13.1 Å². The van der Waals surface area contributed by atoms with Crippen LogP contribution in [0.15, 0.2) is 6.33 Å². The number of hydrogen-bond donors (Lipinski definition) is 0. The fourth-order valence-electron chi connectivity index (χ4n) is 1.52. The standard InChI is InChI=1S/C8H13N3.2C2H6/c1-7-8-5-10(2)3-4-11(8)6-9-7;2*1-2/h6H,3-5H2,1-2H3;2*1-2H3. The van der Waals surface area contributed by atoms with Crippen molar-refractivity contribution >= 4 is 0 Å². The second-order valence-electron chi connectivity index (χ2n) is 3.21. The van der Waals surface area contributed by atoms with E-state index in [9.17, 15) is 0 Å². The molecule has 0 radical (unpaired) electrons. The van der Waals surface area contributed by atoms with Crippen LogP contribution in [0.4, 0.5) is 0 Å². The number of hydrogen-bond acceptors (Lipinski definition) is 2. The van der Waals surface area contributed by atoms with Crippen molar-refractivity contribution < 1.29 is 0 Å². The molecule has 0 aromatic carbocycles. The van der Waals surface area contributed by atoms with Crippen molar-refractivity contribution in [2.75, 3.05) is 13.6 Å². The molecule has 1 aliphatic rings. The molecule has 15 heavy (non-hydrogen) atoms.